The van der Waals surface area contributed by atoms with Crippen LogP contribution in [0.2, 0.25) is 5.15 Å². The Bertz CT molecular complexity index is 1250. The number of hydrogen-bond donors (Lipinski definition) is 1. The molecule has 1 aliphatic rings. The maximum absolute atomic E-state index is 12.9. The van der Waals surface area contributed by atoms with E-state index in [0.29, 0.717) is 29.9 Å². The van der Waals surface area contributed by atoms with Crippen molar-refractivity contribution in [2.24, 2.45) is 5.10 Å². The van der Waals surface area contributed by atoms with Crippen molar-refractivity contribution in [2.75, 3.05) is 6.61 Å². The maximum Gasteiger partial charge on any atom is 0.303 e. The van der Waals surface area contributed by atoms with Crippen molar-refractivity contribution in [3.63, 3.8) is 0 Å². The molecular weight excluding hydrogens is 510 g/mol. The molecule has 4 rings (SSSR count). The number of nitrogens with zero attached hydrogens (tertiary/aromatic N) is 3. The van der Waals surface area contributed by atoms with Crippen molar-refractivity contribution in [3.05, 3.63) is 69.3 Å². The minimum Gasteiger partial charge on any atom is -0.494 e. The smallest absolute Gasteiger partial charge is 0.303 e. The van der Waals surface area contributed by atoms with Gasteiger partial charge >= 0.3 is 5.97 Å². The number of carboxylic acid groups (broad SMARTS) is 1. The monoisotopic (exact) mass is 529 g/mol. The van der Waals surface area contributed by atoms with Crippen molar-refractivity contribution in [1.82, 2.24) is 9.99 Å². The van der Waals surface area contributed by atoms with E-state index in [4.69, 9.17) is 21.4 Å². The van der Waals surface area contributed by atoms with E-state index >= 15 is 0 Å². The van der Waals surface area contributed by atoms with Crippen LogP contribution in [0.3, 0.4) is 0 Å². The van der Waals surface area contributed by atoms with Crippen molar-refractivity contribution >= 4 is 56.0 Å². The topological polar surface area (TPSA) is 92.1 Å². The van der Waals surface area contributed by atoms with Crippen LogP contribution in [0.1, 0.15) is 43.4 Å². The number of carboxylic acids is 1. The van der Waals surface area contributed by atoms with Gasteiger partial charge in [-0.3, -0.25) is 9.59 Å². The SMILES string of the molecule is CCOc1ccc2cc([C@@H]3CC(c4ccc(Br)cc4)=NN3C(=O)CCC(=O)O)c(Cl)nc2c1. The van der Waals surface area contributed by atoms with Crippen LogP contribution >= 0.6 is 27.5 Å². The zero-order valence-corrected chi connectivity index (χ0v) is 20.1. The van der Waals surface area contributed by atoms with E-state index in [9.17, 15) is 9.59 Å². The lowest BCUT2D eigenvalue weighted by atomic mass is 9.98. The van der Waals surface area contributed by atoms with Crippen LogP contribution < -0.4 is 4.74 Å². The van der Waals surface area contributed by atoms with Gasteiger partial charge in [0.1, 0.15) is 10.9 Å². The predicted molar refractivity (Wildman–Crippen MR) is 130 cm³/mol. The highest BCUT2D eigenvalue weighted by atomic mass is 79.9. The number of rotatable bonds is 7. The standard InChI is InChI=1S/C24H21BrClN3O4/c1-2-33-17-8-5-15-11-18(24(26)27-19(15)12-17)21-13-20(14-3-6-16(25)7-4-14)28-29(21)22(30)9-10-23(31)32/h3-8,11-12,21H,2,9-10,13H2,1H3,(H,31,32)/t21-/m0/s1. The average Bonchev–Trinajstić information content (AvgIpc) is 3.23. The highest BCUT2D eigenvalue weighted by Gasteiger charge is 2.35. The first-order valence-corrected chi connectivity index (χ1v) is 11.6. The number of benzene rings is 2. The van der Waals surface area contributed by atoms with Gasteiger partial charge < -0.3 is 9.84 Å². The first-order chi connectivity index (χ1) is 15.9. The maximum atomic E-state index is 12.9. The van der Waals surface area contributed by atoms with Crippen LogP contribution in [-0.4, -0.2) is 39.3 Å². The molecule has 0 unspecified atom stereocenters. The third-order valence-electron chi connectivity index (χ3n) is 5.34. The summed E-state index contributed by atoms with van der Waals surface area (Å²) in [5, 5.41) is 16.1. The summed E-state index contributed by atoms with van der Waals surface area (Å²) >= 11 is 10.0. The number of aromatic nitrogens is 1. The molecule has 1 amide bonds. The number of halogens is 2. The molecule has 170 valence electrons. The average molecular weight is 531 g/mol. The molecule has 0 saturated heterocycles. The highest BCUT2D eigenvalue weighted by molar-refractivity contribution is 9.10. The number of fused-ring (bicyclic) bond motifs is 1. The lowest BCUT2D eigenvalue weighted by molar-refractivity contribution is -0.141. The normalized spacial score (nSPS) is 15.5. The molecule has 0 fully saturated rings. The molecule has 0 saturated carbocycles. The van der Waals surface area contributed by atoms with Crippen LogP contribution in [0.25, 0.3) is 10.9 Å². The number of amides is 1. The summed E-state index contributed by atoms with van der Waals surface area (Å²) in [7, 11) is 0. The lowest BCUT2D eigenvalue weighted by Gasteiger charge is -2.23. The quantitative estimate of drug-likeness (QED) is 0.402. The molecule has 1 N–H and O–H groups in total. The van der Waals surface area contributed by atoms with E-state index in [1.54, 1.807) is 0 Å². The minimum absolute atomic E-state index is 0.153. The Balaban J connectivity index is 1.71. The molecule has 7 nitrogen and oxygen atoms in total. The molecule has 0 aliphatic carbocycles. The molecular formula is C24H21BrClN3O4. The van der Waals surface area contributed by atoms with Gasteiger partial charge in [-0.25, -0.2) is 9.99 Å². The Morgan fingerprint density at radius 3 is 2.64 bits per heavy atom. The van der Waals surface area contributed by atoms with Gasteiger partial charge in [-0.1, -0.05) is 39.7 Å². The number of carbonyl (C=O) groups excluding carboxylic acids is 1. The summed E-state index contributed by atoms with van der Waals surface area (Å²) in [6.45, 7) is 2.45. The first-order valence-electron chi connectivity index (χ1n) is 10.5. The van der Waals surface area contributed by atoms with Gasteiger partial charge in [-0.2, -0.15) is 5.10 Å². The molecule has 9 heteroatoms. The number of aliphatic carboxylic acids is 1. The number of pyridine rings is 1. The van der Waals surface area contributed by atoms with Crippen LogP contribution in [-0.2, 0) is 9.59 Å². The number of carbonyl (C=O) groups is 2. The summed E-state index contributed by atoms with van der Waals surface area (Å²) in [5.74, 6) is -0.711. The molecule has 2 heterocycles. The van der Waals surface area contributed by atoms with Crippen molar-refractivity contribution in [1.29, 1.82) is 0 Å². The zero-order chi connectivity index (χ0) is 23.5. The van der Waals surface area contributed by atoms with Crippen molar-refractivity contribution < 1.29 is 19.4 Å². The second kappa shape index (κ2) is 9.89. The van der Waals surface area contributed by atoms with Gasteiger partial charge in [-0.05, 0) is 42.8 Å². The summed E-state index contributed by atoms with van der Waals surface area (Å²) in [4.78, 5) is 28.5. The summed E-state index contributed by atoms with van der Waals surface area (Å²) in [6, 6.07) is 14.6. The molecule has 1 aliphatic heterocycles. The second-order valence-electron chi connectivity index (χ2n) is 7.56. The summed E-state index contributed by atoms with van der Waals surface area (Å²) < 4.78 is 6.48. The van der Waals surface area contributed by atoms with Crippen molar-refractivity contribution in [2.45, 2.75) is 32.2 Å². The summed E-state index contributed by atoms with van der Waals surface area (Å²) in [6.07, 6.45) is 0.0127. The lowest BCUT2D eigenvalue weighted by Crippen LogP contribution is -2.27. The predicted octanol–water partition coefficient (Wildman–Crippen LogP) is 5.59. The minimum atomic E-state index is -1.04. The number of ether oxygens (including phenoxy) is 1. The van der Waals surface area contributed by atoms with Crippen LogP contribution in [0.15, 0.2) is 58.1 Å². The second-order valence-corrected chi connectivity index (χ2v) is 8.84. The molecule has 0 spiro atoms. The molecule has 3 aromatic rings. The van der Waals surface area contributed by atoms with Gasteiger partial charge in [0, 0.05) is 34.3 Å². The Hall–Kier alpha value is -2.97. The Morgan fingerprint density at radius 1 is 1.18 bits per heavy atom. The van der Waals surface area contributed by atoms with E-state index in [0.717, 1.165) is 21.1 Å². The number of hydrazone groups is 1. The van der Waals surface area contributed by atoms with Crippen LogP contribution in [0.5, 0.6) is 5.75 Å². The number of hydrogen-bond acceptors (Lipinski definition) is 5. The third-order valence-corrected chi connectivity index (χ3v) is 6.17. The van der Waals surface area contributed by atoms with Gasteiger partial charge in [0.25, 0.3) is 0 Å². The Morgan fingerprint density at radius 2 is 1.94 bits per heavy atom. The molecule has 2 aromatic carbocycles. The Kier molecular flexibility index (Phi) is 6.95. The first kappa shape index (κ1) is 23.2. The Labute approximate surface area is 204 Å². The molecule has 1 atom stereocenters. The molecule has 0 radical (unpaired) electrons. The molecule has 33 heavy (non-hydrogen) atoms. The van der Waals surface area contributed by atoms with Crippen molar-refractivity contribution in [3.8, 4) is 5.75 Å². The van der Waals surface area contributed by atoms with E-state index in [1.165, 1.54) is 5.01 Å². The van der Waals surface area contributed by atoms with Gasteiger partial charge in [0.15, 0.2) is 0 Å². The van der Waals surface area contributed by atoms with Crippen LogP contribution in [0, 0.1) is 0 Å². The third kappa shape index (κ3) is 5.17. The van der Waals surface area contributed by atoms with E-state index in [-0.39, 0.29) is 23.9 Å². The van der Waals surface area contributed by atoms with Crippen LogP contribution in [0.4, 0.5) is 0 Å². The largest absolute Gasteiger partial charge is 0.494 e. The van der Waals surface area contributed by atoms with Gasteiger partial charge in [0.2, 0.25) is 5.91 Å². The van der Waals surface area contributed by atoms with E-state index in [1.807, 2.05) is 55.5 Å². The van der Waals surface area contributed by atoms with E-state index < -0.39 is 12.0 Å². The molecule has 0 bridgehead atoms. The highest BCUT2D eigenvalue weighted by Crippen LogP contribution is 2.38. The fourth-order valence-electron chi connectivity index (χ4n) is 3.76. The van der Waals surface area contributed by atoms with E-state index in [2.05, 4.69) is 26.0 Å². The molecule has 1 aromatic heterocycles. The zero-order valence-electron chi connectivity index (χ0n) is 17.8. The summed E-state index contributed by atoms with van der Waals surface area (Å²) in [5.41, 5.74) is 2.94. The fraction of sp³-hybridized carbons (Fsp3) is 0.250. The van der Waals surface area contributed by atoms with Gasteiger partial charge in [-0.15, -0.1) is 0 Å². The van der Waals surface area contributed by atoms with Gasteiger partial charge in [0.05, 0.1) is 30.3 Å². The fourth-order valence-corrected chi connectivity index (χ4v) is 4.29.